The van der Waals surface area contributed by atoms with Gasteiger partial charge >= 0.3 is 0 Å². The molecule has 1 aliphatic rings. The number of phenolic OH excluding ortho intramolecular Hbond substituents is 2. The van der Waals surface area contributed by atoms with Crippen LogP contribution in [0.1, 0.15) is 30.0 Å². The Bertz CT molecular complexity index is 664. The predicted molar refractivity (Wildman–Crippen MR) is 70.3 cm³/mol. The molecule has 1 unspecified atom stereocenters. The fourth-order valence-corrected chi connectivity index (χ4v) is 2.66. The van der Waals surface area contributed by atoms with Crippen LogP contribution < -0.4 is 5.73 Å². The zero-order valence-electron chi connectivity index (χ0n) is 9.77. The first-order valence-corrected chi connectivity index (χ1v) is 5.91. The molecule has 18 heavy (non-hydrogen) atoms. The zero-order chi connectivity index (χ0) is 12.9. The van der Waals surface area contributed by atoms with Crippen molar-refractivity contribution in [2.45, 2.75) is 18.9 Å². The minimum atomic E-state index is -0.329. The lowest BCUT2D eigenvalue weighted by atomic mass is 9.83. The van der Waals surface area contributed by atoms with Gasteiger partial charge in [-0.25, -0.2) is 0 Å². The summed E-state index contributed by atoms with van der Waals surface area (Å²) in [4.78, 5) is 0. The molecule has 0 saturated heterocycles. The summed E-state index contributed by atoms with van der Waals surface area (Å²) in [6.45, 7) is 0. The molecule has 0 fully saturated rings. The van der Waals surface area contributed by atoms with Crippen LogP contribution in [-0.4, -0.2) is 15.9 Å². The average Bonchev–Trinajstić information content (AvgIpc) is 2.38. The van der Waals surface area contributed by atoms with Crippen LogP contribution in [-0.2, 0) is 0 Å². The molecule has 2 aromatic carbocycles. The molecule has 1 aliphatic carbocycles. The highest BCUT2D eigenvalue weighted by Gasteiger charge is 2.29. The first kappa shape index (κ1) is 11.0. The summed E-state index contributed by atoms with van der Waals surface area (Å²) < 4.78 is 0. The normalized spacial score (nSPS) is 18.9. The summed E-state index contributed by atoms with van der Waals surface area (Å²) in [6.07, 6.45) is 1.15. The van der Waals surface area contributed by atoms with Gasteiger partial charge in [0.2, 0.25) is 0 Å². The molecular formula is C14H14N2O2. The van der Waals surface area contributed by atoms with Crippen molar-refractivity contribution in [3.63, 3.8) is 0 Å². The van der Waals surface area contributed by atoms with Gasteiger partial charge in [-0.05, 0) is 12.8 Å². The lowest BCUT2D eigenvalue weighted by molar-refractivity contribution is 0.451. The summed E-state index contributed by atoms with van der Waals surface area (Å²) in [5, 5.41) is 29.7. The molecule has 2 aromatic rings. The van der Waals surface area contributed by atoms with E-state index in [1.54, 1.807) is 24.3 Å². The first-order chi connectivity index (χ1) is 8.61. The minimum absolute atomic E-state index is 0.0542. The van der Waals surface area contributed by atoms with Crippen molar-refractivity contribution >= 4 is 16.5 Å². The molecule has 0 aromatic heterocycles. The molecular weight excluding hydrogens is 228 g/mol. The Kier molecular flexibility index (Phi) is 2.28. The van der Waals surface area contributed by atoms with Gasteiger partial charge in [-0.1, -0.05) is 24.3 Å². The standard InChI is InChI=1S/C14H14N2O2/c15-9-5-6-10(16)12-11(9)13(17)7-3-1-2-4-8(7)14(12)18/h1-4,9,16-18H,5-6,15H2. The highest BCUT2D eigenvalue weighted by molar-refractivity contribution is 6.10. The van der Waals surface area contributed by atoms with Gasteiger partial charge in [0.15, 0.2) is 0 Å². The monoisotopic (exact) mass is 242 g/mol. The van der Waals surface area contributed by atoms with E-state index in [0.29, 0.717) is 40.5 Å². The van der Waals surface area contributed by atoms with Crippen LogP contribution in [0, 0.1) is 5.41 Å². The van der Waals surface area contributed by atoms with E-state index in [4.69, 9.17) is 11.1 Å². The van der Waals surface area contributed by atoms with E-state index in [1.807, 2.05) is 0 Å². The summed E-state index contributed by atoms with van der Waals surface area (Å²) in [6, 6.07) is 6.74. The number of fused-ring (bicyclic) bond motifs is 2. The van der Waals surface area contributed by atoms with E-state index >= 15 is 0 Å². The highest BCUT2D eigenvalue weighted by atomic mass is 16.3. The third-order valence-corrected chi connectivity index (χ3v) is 3.58. The fourth-order valence-electron chi connectivity index (χ4n) is 2.66. The van der Waals surface area contributed by atoms with Crippen LogP contribution >= 0.6 is 0 Å². The van der Waals surface area contributed by atoms with Crippen molar-refractivity contribution in [1.29, 1.82) is 5.41 Å². The Morgan fingerprint density at radius 2 is 1.72 bits per heavy atom. The second-order valence-corrected chi connectivity index (χ2v) is 4.66. The van der Waals surface area contributed by atoms with Crippen LogP contribution in [0.15, 0.2) is 24.3 Å². The Balaban J connectivity index is 2.50. The summed E-state index contributed by atoms with van der Waals surface area (Å²) in [5.74, 6) is 0.147. The Hall–Kier alpha value is -2.07. The van der Waals surface area contributed by atoms with Gasteiger partial charge in [-0.2, -0.15) is 0 Å². The maximum Gasteiger partial charge on any atom is 0.133 e. The van der Waals surface area contributed by atoms with Gasteiger partial charge < -0.3 is 21.4 Å². The van der Waals surface area contributed by atoms with Gasteiger partial charge in [0.25, 0.3) is 0 Å². The molecule has 4 heteroatoms. The molecule has 1 atom stereocenters. The van der Waals surface area contributed by atoms with Crippen LogP contribution in [0.3, 0.4) is 0 Å². The Morgan fingerprint density at radius 3 is 2.39 bits per heavy atom. The van der Waals surface area contributed by atoms with Crippen molar-refractivity contribution in [3.8, 4) is 11.5 Å². The molecule has 0 radical (unpaired) electrons. The van der Waals surface area contributed by atoms with Gasteiger partial charge in [-0.3, -0.25) is 0 Å². The molecule has 0 amide bonds. The molecule has 0 spiro atoms. The number of rotatable bonds is 0. The molecule has 0 heterocycles. The van der Waals surface area contributed by atoms with Crippen molar-refractivity contribution in [1.82, 2.24) is 0 Å². The van der Waals surface area contributed by atoms with Gasteiger partial charge in [0, 0.05) is 33.7 Å². The summed E-state index contributed by atoms with van der Waals surface area (Å²) in [7, 11) is 0. The van der Waals surface area contributed by atoms with Crippen LogP contribution in [0.25, 0.3) is 10.8 Å². The zero-order valence-corrected chi connectivity index (χ0v) is 9.77. The molecule has 0 bridgehead atoms. The quantitative estimate of drug-likeness (QED) is 0.535. The largest absolute Gasteiger partial charge is 0.507 e. The Labute approximate surface area is 104 Å². The highest BCUT2D eigenvalue weighted by Crippen LogP contribution is 2.45. The van der Waals surface area contributed by atoms with E-state index in [0.717, 1.165) is 0 Å². The number of phenols is 2. The van der Waals surface area contributed by atoms with Crippen LogP contribution in [0.2, 0.25) is 0 Å². The molecule has 92 valence electrons. The molecule has 3 rings (SSSR count). The van der Waals surface area contributed by atoms with Gasteiger partial charge in [0.05, 0.1) is 0 Å². The molecule has 5 N–H and O–H groups in total. The molecule has 4 nitrogen and oxygen atoms in total. The summed E-state index contributed by atoms with van der Waals surface area (Å²) in [5.41, 5.74) is 7.25. The van der Waals surface area contributed by atoms with Gasteiger partial charge in [-0.15, -0.1) is 0 Å². The second-order valence-electron chi connectivity index (χ2n) is 4.66. The van der Waals surface area contributed by atoms with E-state index in [2.05, 4.69) is 0 Å². The van der Waals surface area contributed by atoms with E-state index in [1.165, 1.54) is 0 Å². The SMILES string of the molecule is N=C1CCC(N)c2c1c(O)c1ccccc1c2O. The smallest absolute Gasteiger partial charge is 0.133 e. The summed E-state index contributed by atoms with van der Waals surface area (Å²) >= 11 is 0. The number of nitrogens with one attached hydrogen (secondary N) is 1. The first-order valence-electron chi connectivity index (χ1n) is 5.91. The van der Waals surface area contributed by atoms with Crippen LogP contribution in [0.4, 0.5) is 0 Å². The average molecular weight is 242 g/mol. The molecule has 0 aliphatic heterocycles. The number of benzene rings is 2. The van der Waals surface area contributed by atoms with Crippen molar-refractivity contribution in [3.05, 3.63) is 35.4 Å². The number of hydrogen-bond donors (Lipinski definition) is 4. The fraction of sp³-hybridized carbons (Fsp3) is 0.214. The van der Waals surface area contributed by atoms with Crippen LogP contribution in [0.5, 0.6) is 11.5 Å². The Morgan fingerprint density at radius 1 is 1.11 bits per heavy atom. The predicted octanol–water partition coefficient (Wildman–Crippen LogP) is 2.41. The minimum Gasteiger partial charge on any atom is -0.507 e. The van der Waals surface area contributed by atoms with Crippen molar-refractivity contribution in [2.24, 2.45) is 5.73 Å². The lowest BCUT2D eigenvalue weighted by Gasteiger charge is -2.26. The third kappa shape index (κ3) is 1.32. The number of aromatic hydroxyl groups is 2. The second kappa shape index (κ2) is 3.71. The topological polar surface area (TPSA) is 90.3 Å². The number of hydrogen-bond acceptors (Lipinski definition) is 4. The number of nitrogens with two attached hydrogens (primary N) is 1. The van der Waals surface area contributed by atoms with E-state index < -0.39 is 0 Å². The lowest BCUT2D eigenvalue weighted by Crippen LogP contribution is -2.22. The van der Waals surface area contributed by atoms with E-state index in [9.17, 15) is 10.2 Å². The van der Waals surface area contributed by atoms with Crippen molar-refractivity contribution < 1.29 is 10.2 Å². The van der Waals surface area contributed by atoms with Gasteiger partial charge in [0.1, 0.15) is 11.5 Å². The van der Waals surface area contributed by atoms with E-state index in [-0.39, 0.29) is 17.5 Å². The molecule has 0 saturated carbocycles. The third-order valence-electron chi connectivity index (χ3n) is 3.58. The maximum absolute atomic E-state index is 10.3. The van der Waals surface area contributed by atoms with Crippen molar-refractivity contribution in [2.75, 3.05) is 0 Å². The maximum atomic E-state index is 10.3.